The van der Waals surface area contributed by atoms with Crippen molar-refractivity contribution in [3.63, 3.8) is 0 Å². The topological polar surface area (TPSA) is 55.2 Å². The Morgan fingerprint density at radius 2 is 2.12 bits per heavy atom. The lowest BCUT2D eigenvalue weighted by atomic mass is 10.2. The Morgan fingerprint density at radius 3 is 2.75 bits per heavy atom. The number of aromatic nitrogens is 2. The van der Waals surface area contributed by atoms with Gasteiger partial charge in [-0.05, 0) is 6.07 Å². The number of para-hydroxylation sites is 1. The minimum atomic E-state index is -0.0602. The van der Waals surface area contributed by atoms with E-state index in [0.717, 1.165) is 16.7 Å². The molecule has 16 heavy (non-hydrogen) atoms. The molecule has 1 aliphatic rings. The molecular formula is C11H9N3OS. The van der Waals surface area contributed by atoms with Crippen LogP contribution in [0.4, 0.5) is 4.79 Å². The third-order valence-electron chi connectivity index (χ3n) is 1.89. The zero-order valence-corrected chi connectivity index (χ0v) is 9.22. The van der Waals surface area contributed by atoms with E-state index in [9.17, 15) is 4.79 Å². The Labute approximate surface area is 96.8 Å². The summed E-state index contributed by atoms with van der Waals surface area (Å²) < 4.78 is 0. The van der Waals surface area contributed by atoms with Gasteiger partial charge in [0, 0.05) is 23.6 Å². The van der Waals surface area contributed by atoms with Gasteiger partial charge in [0.2, 0.25) is 0 Å². The molecule has 1 amide bonds. The molecule has 0 saturated carbocycles. The summed E-state index contributed by atoms with van der Waals surface area (Å²) in [5.74, 6) is 0.763. The molecule has 2 heterocycles. The Bertz CT molecular complexity index is 462. The maximum Gasteiger partial charge on any atom is 0.304 e. The van der Waals surface area contributed by atoms with Crippen molar-refractivity contribution in [3.05, 3.63) is 36.8 Å². The van der Waals surface area contributed by atoms with E-state index in [0.29, 0.717) is 0 Å². The van der Waals surface area contributed by atoms with Crippen molar-refractivity contribution in [2.45, 2.75) is 0 Å². The Kier molecular flexibility index (Phi) is 3.61. The molecule has 1 aromatic carbocycles. The number of carbonyl (C=O) groups is 1. The van der Waals surface area contributed by atoms with E-state index in [-0.39, 0.29) is 5.24 Å². The summed E-state index contributed by atoms with van der Waals surface area (Å²) in [5, 5.41) is 1.03. The van der Waals surface area contributed by atoms with Crippen LogP contribution in [-0.4, -0.2) is 27.2 Å². The first kappa shape index (κ1) is 10.8. The number of nitrogens with zero attached hydrogens (tertiary/aromatic N) is 3. The van der Waals surface area contributed by atoms with Crippen LogP contribution in [0, 0.1) is 0 Å². The summed E-state index contributed by atoms with van der Waals surface area (Å²) in [7, 11) is 0. The summed E-state index contributed by atoms with van der Waals surface area (Å²) >= 11 is 1.24. The van der Waals surface area contributed by atoms with Gasteiger partial charge in [0.15, 0.2) is 0 Å². The minimum Gasteiger partial charge on any atom is -0.259 e. The zero-order chi connectivity index (χ0) is 11.2. The van der Waals surface area contributed by atoms with E-state index in [2.05, 4.69) is 15.0 Å². The molecule has 2 aromatic rings. The number of carbonyl (C=O) groups excluding carboxylic acids is 1. The molecule has 0 atom stereocenters. The second kappa shape index (κ2) is 5.37. The van der Waals surface area contributed by atoms with Crippen molar-refractivity contribution in [1.29, 1.82) is 0 Å². The average Bonchev–Trinajstić information content (AvgIpc) is 2.81. The molecule has 1 aromatic heterocycles. The summed E-state index contributed by atoms with van der Waals surface area (Å²) in [6.07, 6.45) is 4.98. The number of rotatable bonds is 0. The van der Waals surface area contributed by atoms with Crippen LogP contribution in [0.15, 0.2) is 41.8 Å². The number of amides is 1. The van der Waals surface area contributed by atoms with Gasteiger partial charge in [0.1, 0.15) is 6.33 Å². The summed E-state index contributed by atoms with van der Waals surface area (Å²) in [6, 6.07) is 7.91. The SMILES string of the molecule is O=C1N=CCS1.c1ccc2ncncc2c1. The smallest absolute Gasteiger partial charge is 0.259 e. The maximum absolute atomic E-state index is 10.0. The van der Waals surface area contributed by atoms with Gasteiger partial charge in [0.05, 0.1) is 5.52 Å². The molecule has 0 radical (unpaired) electrons. The predicted molar refractivity (Wildman–Crippen MR) is 65.9 cm³/mol. The van der Waals surface area contributed by atoms with Gasteiger partial charge in [-0.2, -0.15) is 0 Å². The second-order valence-corrected chi connectivity index (χ2v) is 3.94. The highest BCUT2D eigenvalue weighted by Crippen LogP contribution is 2.07. The minimum absolute atomic E-state index is 0.0602. The summed E-state index contributed by atoms with van der Waals surface area (Å²) in [4.78, 5) is 21.4. The van der Waals surface area contributed by atoms with Crippen molar-refractivity contribution in [2.75, 3.05) is 5.75 Å². The van der Waals surface area contributed by atoms with Crippen molar-refractivity contribution < 1.29 is 4.79 Å². The fraction of sp³-hybridized carbons (Fsp3) is 0.0909. The van der Waals surface area contributed by atoms with Crippen LogP contribution in [0.3, 0.4) is 0 Å². The molecule has 80 valence electrons. The standard InChI is InChI=1S/C8H6N2.C3H3NOS/c1-2-4-8-7(3-1)5-9-6-10-8;5-3-4-1-2-6-3/h1-6H;1H,2H2. The highest BCUT2D eigenvalue weighted by molar-refractivity contribution is 8.14. The Morgan fingerprint density at radius 1 is 1.25 bits per heavy atom. The van der Waals surface area contributed by atoms with Gasteiger partial charge in [-0.3, -0.25) is 4.79 Å². The number of fused-ring (bicyclic) bond motifs is 1. The lowest BCUT2D eigenvalue weighted by molar-refractivity contribution is 0.268. The number of benzene rings is 1. The third-order valence-corrected chi connectivity index (χ3v) is 2.56. The van der Waals surface area contributed by atoms with Crippen molar-refractivity contribution in [2.24, 2.45) is 4.99 Å². The number of aliphatic imine (C=N–C) groups is 1. The van der Waals surface area contributed by atoms with Gasteiger partial charge in [0.25, 0.3) is 0 Å². The van der Waals surface area contributed by atoms with Crippen molar-refractivity contribution >= 4 is 34.1 Å². The highest BCUT2D eigenvalue weighted by Gasteiger charge is 2.01. The molecule has 1 aliphatic heterocycles. The van der Waals surface area contributed by atoms with E-state index in [1.807, 2.05) is 30.5 Å². The molecule has 0 aliphatic carbocycles. The number of hydrogen-bond donors (Lipinski definition) is 0. The fourth-order valence-electron chi connectivity index (χ4n) is 1.18. The molecule has 0 unspecified atom stereocenters. The monoisotopic (exact) mass is 231 g/mol. The van der Waals surface area contributed by atoms with E-state index < -0.39 is 0 Å². The van der Waals surface area contributed by atoms with E-state index in [1.54, 1.807) is 12.5 Å². The van der Waals surface area contributed by atoms with Gasteiger partial charge in [-0.1, -0.05) is 30.0 Å². The molecule has 4 nitrogen and oxygen atoms in total. The average molecular weight is 231 g/mol. The van der Waals surface area contributed by atoms with Crippen LogP contribution >= 0.6 is 11.8 Å². The first-order valence-corrected chi connectivity index (χ1v) is 5.69. The van der Waals surface area contributed by atoms with Crippen LogP contribution in [0.2, 0.25) is 0 Å². The second-order valence-electron chi connectivity index (χ2n) is 2.97. The summed E-state index contributed by atoms with van der Waals surface area (Å²) in [5.41, 5.74) is 0.998. The largest absolute Gasteiger partial charge is 0.304 e. The van der Waals surface area contributed by atoms with Crippen LogP contribution in [0.25, 0.3) is 10.9 Å². The first-order valence-electron chi connectivity index (χ1n) is 4.70. The highest BCUT2D eigenvalue weighted by atomic mass is 32.2. The third kappa shape index (κ3) is 2.87. The first-order chi connectivity index (χ1) is 7.86. The zero-order valence-electron chi connectivity index (χ0n) is 8.41. The van der Waals surface area contributed by atoms with E-state index in [4.69, 9.17) is 0 Å². The molecule has 0 fully saturated rings. The predicted octanol–water partition coefficient (Wildman–Crippen LogP) is 2.55. The van der Waals surface area contributed by atoms with Crippen LogP contribution in [0.5, 0.6) is 0 Å². The number of thioether (sulfide) groups is 1. The molecule has 0 bridgehead atoms. The Balaban J connectivity index is 0.000000138. The van der Waals surface area contributed by atoms with Gasteiger partial charge < -0.3 is 0 Å². The van der Waals surface area contributed by atoms with Crippen molar-refractivity contribution in [3.8, 4) is 0 Å². The lowest BCUT2D eigenvalue weighted by Gasteiger charge is -1.90. The quantitative estimate of drug-likeness (QED) is 0.699. The van der Waals surface area contributed by atoms with Crippen LogP contribution < -0.4 is 0 Å². The molecular weight excluding hydrogens is 222 g/mol. The molecule has 0 N–H and O–H groups in total. The van der Waals surface area contributed by atoms with E-state index in [1.165, 1.54) is 11.8 Å². The molecule has 3 rings (SSSR count). The molecule has 5 heteroatoms. The van der Waals surface area contributed by atoms with Crippen LogP contribution in [-0.2, 0) is 0 Å². The van der Waals surface area contributed by atoms with Crippen molar-refractivity contribution in [1.82, 2.24) is 9.97 Å². The normalized spacial score (nSPS) is 13.6. The van der Waals surface area contributed by atoms with E-state index >= 15 is 0 Å². The van der Waals surface area contributed by atoms with Gasteiger partial charge >= 0.3 is 5.24 Å². The van der Waals surface area contributed by atoms with Gasteiger partial charge in [-0.15, -0.1) is 0 Å². The lowest BCUT2D eigenvalue weighted by Crippen LogP contribution is -1.77. The van der Waals surface area contributed by atoms with Gasteiger partial charge in [-0.25, -0.2) is 15.0 Å². The summed E-state index contributed by atoms with van der Waals surface area (Å²) in [6.45, 7) is 0. The maximum atomic E-state index is 10.0. The molecule has 0 saturated heterocycles. The van der Waals surface area contributed by atoms with Crippen LogP contribution in [0.1, 0.15) is 0 Å². The molecule has 0 spiro atoms. The Hall–Kier alpha value is -1.75. The fourth-order valence-corrected chi connectivity index (χ4v) is 1.62. The number of hydrogen-bond acceptors (Lipinski definition) is 4.